The number of rotatable bonds is 7. The quantitative estimate of drug-likeness (QED) is 0.144. The predicted molar refractivity (Wildman–Crippen MR) is 156 cm³/mol. The minimum Gasteiger partial charge on any atom is -0.457 e. The molecule has 39 heavy (non-hydrogen) atoms. The Bertz CT molecular complexity index is 1090. The lowest BCUT2D eigenvalue weighted by atomic mass is 9.44. The molecule has 0 saturated heterocycles. The summed E-state index contributed by atoms with van der Waals surface area (Å²) < 4.78 is 1.30. The summed E-state index contributed by atoms with van der Waals surface area (Å²) in [6.07, 6.45) is 13.9. The molecule has 5 nitrogen and oxygen atoms in total. The molecule has 0 unspecified atom stereocenters. The predicted octanol–water partition coefficient (Wildman–Crippen LogP) is 7.18. The third-order valence-corrected chi connectivity index (χ3v) is 12.1. The molecular weight excluding hydrogens is 508 g/mol. The molecule has 6 heteroatoms. The molecule has 0 heterocycles. The average molecular weight is 556 g/mol. The van der Waals surface area contributed by atoms with Crippen molar-refractivity contribution in [3.05, 3.63) is 47.3 Å². The van der Waals surface area contributed by atoms with Gasteiger partial charge in [-0.25, -0.2) is 0 Å². The lowest BCUT2D eigenvalue weighted by Gasteiger charge is -2.61. The molecule has 0 spiro atoms. The van der Waals surface area contributed by atoms with Crippen molar-refractivity contribution in [1.29, 1.82) is 0 Å². The Hall–Kier alpha value is -1.85. The molecule has 4 fully saturated rings. The Kier molecular flexibility index (Phi) is 8.50. The van der Waals surface area contributed by atoms with Crippen LogP contribution in [0, 0.1) is 46.3 Å². The molecule has 4 aliphatic rings. The van der Waals surface area contributed by atoms with E-state index in [0.717, 1.165) is 48.1 Å². The van der Waals surface area contributed by atoms with Crippen LogP contribution in [0.2, 0.25) is 0 Å². The number of hydrazone groups is 1. The lowest BCUT2D eigenvalue weighted by molar-refractivity contribution is -0.548. The van der Waals surface area contributed by atoms with Gasteiger partial charge in [0.2, 0.25) is 6.21 Å². The number of aliphatic hydroxyl groups excluding tert-OH is 2. The molecule has 214 valence electrons. The molecule has 1 aromatic rings. The zero-order valence-electron chi connectivity index (χ0n) is 24.0. The third-order valence-electron chi connectivity index (χ3n) is 11.9. The number of carbonyl (C=O) groups is 1. The van der Waals surface area contributed by atoms with E-state index in [1.54, 1.807) is 6.21 Å². The molecule has 0 radical (unpaired) electrons. The molecule has 5 rings (SSSR count). The van der Waals surface area contributed by atoms with Crippen LogP contribution in [0.4, 0.5) is 0 Å². The number of benzene rings is 1. The maximum atomic E-state index is 13.0. The van der Waals surface area contributed by atoms with E-state index >= 15 is 0 Å². The van der Waals surface area contributed by atoms with Crippen LogP contribution in [0.25, 0.3) is 0 Å². The number of hydrogen-bond donors (Lipinski definition) is 3. The summed E-state index contributed by atoms with van der Waals surface area (Å²) in [6, 6.07) is 9.54. The monoisotopic (exact) mass is 555 g/mol. The van der Waals surface area contributed by atoms with Crippen molar-refractivity contribution >= 4 is 23.7 Å². The van der Waals surface area contributed by atoms with E-state index in [1.807, 2.05) is 30.3 Å². The van der Waals surface area contributed by atoms with E-state index in [1.165, 1.54) is 49.6 Å². The van der Waals surface area contributed by atoms with Crippen LogP contribution in [-0.4, -0.2) is 33.1 Å². The SMILES string of the molecule is C[C@H](CCC(=O)N[N+](=C\c1ccccc1)/C(O)=C\Cl)[C@H]1CC[C@H]2[C@@H]3CC[C@H]4C[C@H](O)CC[C@]4(C)[C@H]3CC[C@]12C. The standard InChI is InChI=1S/C33H47ClN2O3/c1-22(9-14-30(38)35-36(31(39)20-34)21-23-7-5-4-6-8-23)27-12-13-28-26-11-10-24-19-25(37)15-17-32(24,2)29(26)16-18-33(27,28)3/h4-8,20-22,24-29,37H,9-19H2,1-3H3,(H-,35,38,39)/p+1/b31-20+,36-21-/t22-,24+,25-,26+,27-,28+,29+,32+,33-/m1/s1. The Morgan fingerprint density at radius 3 is 2.54 bits per heavy atom. The fourth-order valence-electron chi connectivity index (χ4n) is 9.86. The second-order valence-electron chi connectivity index (χ2n) is 13.7. The number of halogens is 1. The summed E-state index contributed by atoms with van der Waals surface area (Å²) in [5.41, 5.74) is 5.50. The Labute approximate surface area is 239 Å². The van der Waals surface area contributed by atoms with Crippen LogP contribution in [0.15, 0.2) is 41.8 Å². The molecule has 0 aromatic heterocycles. The highest BCUT2D eigenvalue weighted by atomic mass is 35.5. The fourth-order valence-corrected chi connectivity index (χ4v) is 9.96. The first-order chi connectivity index (χ1) is 18.7. The maximum absolute atomic E-state index is 13.0. The van der Waals surface area contributed by atoms with Crippen LogP contribution in [-0.2, 0) is 4.79 Å². The van der Waals surface area contributed by atoms with Gasteiger partial charge in [-0.1, -0.05) is 50.6 Å². The van der Waals surface area contributed by atoms with Crippen LogP contribution in [0.3, 0.4) is 0 Å². The smallest absolute Gasteiger partial charge is 0.406 e. The number of hydrogen-bond acceptors (Lipinski definition) is 3. The zero-order valence-corrected chi connectivity index (χ0v) is 24.7. The highest BCUT2D eigenvalue weighted by Gasteiger charge is 2.60. The Morgan fingerprint density at radius 1 is 1.08 bits per heavy atom. The second kappa shape index (κ2) is 11.6. The van der Waals surface area contributed by atoms with E-state index in [4.69, 9.17) is 11.6 Å². The molecule has 0 bridgehead atoms. The van der Waals surface area contributed by atoms with Gasteiger partial charge in [0.05, 0.1) is 6.10 Å². The van der Waals surface area contributed by atoms with E-state index < -0.39 is 0 Å². The summed E-state index contributed by atoms with van der Waals surface area (Å²) in [7, 11) is 0. The zero-order chi connectivity index (χ0) is 27.8. The van der Waals surface area contributed by atoms with Gasteiger partial charge < -0.3 is 10.2 Å². The molecule has 4 aliphatic carbocycles. The summed E-state index contributed by atoms with van der Waals surface area (Å²) in [5, 5.41) is 20.6. The molecule has 9 atom stereocenters. The van der Waals surface area contributed by atoms with Crippen LogP contribution in [0.1, 0.15) is 97.0 Å². The summed E-state index contributed by atoms with van der Waals surface area (Å²) >= 11 is 5.76. The van der Waals surface area contributed by atoms with Crippen LogP contribution >= 0.6 is 11.6 Å². The Balaban J connectivity index is 1.21. The van der Waals surface area contributed by atoms with Crippen LogP contribution in [0.5, 0.6) is 0 Å². The van der Waals surface area contributed by atoms with Crippen molar-refractivity contribution < 1.29 is 19.7 Å². The average Bonchev–Trinajstić information content (AvgIpc) is 3.29. The van der Waals surface area contributed by atoms with E-state index in [9.17, 15) is 15.0 Å². The maximum Gasteiger partial charge on any atom is 0.406 e. The van der Waals surface area contributed by atoms with Gasteiger partial charge in [-0.2, -0.15) is 0 Å². The number of carbonyl (C=O) groups excluding carboxylic acids is 1. The first-order valence-electron chi connectivity index (χ1n) is 15.3. The van der Waals surface area contributed by atoms with Gasteiger partial charge in [-0.15, -0.1) is 5.43 Å². The van der Waals surface area contributed by atoms with Gasteiger partial charge >= 0.3 is 5.88 Å². The topological polar surface area (TPSA) is 72.6 Å². The molecule has 0 aliphatic heterocycles. The summed E-state index contributed by atoms with van der Waals surface area (Å²) in [6.45, 7) is 7.48. The number of fused-ring (bicyclic) bond motifs is 5. The van der Waals surface area contributed by atoms with Crippen molar-refractivity contribution in [2.24, 2.45) is 46.3 Å². The van der Waals surface area contributed by atoms with Gasteiger partial charge in [-0.05, 0) is 127 Å². The normalized spacial score (nSPS) is 39.3. The molecule has 1 aromatic carbocycles. The molecule has 4 saturated carbocycles. The largest absolute Gasteiger partial charge is 0.457 e. The summed E-state index contributed by atoms with van der Waals surface area (Å²) in [5.74, 6) is 3.93. The van der Waals surface area contributed by atoms with Gasteiger partial charge in [0.25, 0.3) is 5.91 Å². The lowest BCUT2D eigenvalue weighted by Crippen LogP contribution is -2.54. The van der Waals surface area contributed by atoms with E-state index in [2.05, 4.69) is 26.2 Å². The van der Waals surface area contributed by atoms with Gasteiger partial charge in [0.1, 0.15) is 5.54 Å². The third kappa shape index (κ3) is 5.55. The van der Waals surface area contributed by atoms with Crippen molar-refractivity contribution in [3.8, 4) is 0 Å². The fraction of sp³-hybridized carbons (Fsp3) is 0.697. The number of aliphatic hydroxyl groups is 2. The van der Waals surface area contributed by atoms with Crippen molar-refractivity contribution in [2.45, 2.75) is 97.5 Å². The first-order valence-corrected chi connectivity index (χ1v) is 15.8. The van der Waals surface area contributed by atoms with Crippen molar-refractivity contribution in [3.63, 3.8) is 0 Å². The molecule has 3 N–H and O–H groups in total. The highest BCUT2D eigenvalue weighted by molar-refractivity contribution is 6.25. The number of amides is 1. The summed E-state index contributed by atoms with van der Waals surface area (Å²) in [4.78, 5) is 13.0. The van der Waals surface area contributed by atoms with Gasteiger partial charge in [-0.3, -0.25) is 4.79 Å². The Morgan fingerprint density at radius 2 is 1.79 bits per heavy atom. The molecular formula is C33H48ClN2O3+. The highest BCUT2D eigenvalue weighted by Crippen LogP contribution is 2.68. The van der Waals surface area contributed by atoms with Gasteiger partial charge in [0, 0.05) is 12.0 Å². The first kappa shape index (κ1) is 28.7. The van der Waals surface area contributed by atoms with Crippen LogP contribution < -0.4 is 5.43 Å². The number of nitrogens with zero attached hydrogens (tertiary/aromatic N) is 1. The molecule has 1 amide bonds. The number of nitrogens with one attached hydrogen (secondary N) is 1. The minimum absolute atomic E-state index is 0.0828. The van der Waals surface area contributed by atoms with E-state index in [-0.39, 0.29) is 17.9 Å². The van der Waals surface area contributed by atoms with Crippen molar-refractivity contribution in [1.82, 2.24) is 5.43 Å². The second-order valence-corrected chi connectivity index (χ2v) is 14.0. The van der Waals surface area contributed by atoms with E-state index in [0.29, 0.717) is 35.0 Å². The number of hydrazine groups is 1. The van der Waals surface area contributed by atoms with Crippen molar-refractivity contribution in [2.75, 3.05) is 0 Å². The minimum atomic E-state index is -0.222. The van der Waals surface area contributed by atoms with Gasteiger partial charge in [0.15, 0.2) is 0 Å².